The van der Waals surface area contributed by atoms with Crippen LogP contribution in [0.1, 0.15) is 20.7 Å². The van der Waals surface area contributed by atoms with Crippen LogP contribution < -0.4 is 4.74 Å². The van der Waals surface area contributed by atoms with Crippen LogP contribution in [0.2, 0.25) is 0 Å². The smallest absolute Gasteiger partial charge is 0.340 e. The van der Waals surface area contributed by atoms with Gasteiger partial charge in [0.2, 0.25) is 0 Å². The van der Waals surface area contributed by atoms with Crippen LogP contribution in [0, 0.1) is 0 Å². The summed E-state index contributed by atoms with van der Waals surface area (Å²) in [5, 5.41) is 0. The molecule has 1 aromatic carbocycles. The van der Waals surface area contributed by atoms with Crippen LogP contribution in [-0.2, 0) is 4.74 Å². The quantitative estimate of drug-likeness (QED) is 0.537. The summed E-state index contributed by atoms with van der Waals surface area (Å²) in [5.74, 6) is -0.289. The van der Waals surface area contributed by atoms with Gasteiger partial charge in [-0.2, -0.15) is 0 Å². The molecule has 0 spiro atoms. The zero-order chi connectivity index (χ0) is 16.1. The fourth-order valence-corrected chi connectivity index (χ4v) is 2.57. The molecule has 0 N–H and O–H groups in total. The number of methoxy groups -OCH3 is 1. The molecule has 0 aliphatic rings. The van der Waals surface area contributed by atoms with Crippen LogP contribution in [0.3, 0.4) is 0 Å². The van der Waals surface area contributed by atoms with Crippen LogP contribution in [-0.4, -0.2) is 30.5 Å². The van der Waals surface area contributed by atoms with E-state index in [0.29, 0.717) is 20.3 Å². The lowest BCUT2D eigenvalue weighted by Gasteiger charge is -2.07. The molecule has 0 amide bonds. The van der Waals surface area contributed by atoms with Crippen molar-refractivity contribution in [1.29, 1.82) is 0 Å². The normalized spacial score (nSPS) is 10.1. The molecule has 1 aromatic heterocycles. The van der Waals surface area contributed by atoms with Gasteiger partial charge in [-0.3, -0.25) is 9.78 Å². The number of ketones is 1. The summed E-state index contributed by atoms with van der Waals surface area (Å²) in [6, 6.07) is 6.47. The van der Waals surface area contributed by atoms with Crippen LogP contribution in [0.15, 0.2) is 45.6 Å². The molecule has 0 radical (unpaired) electrons. The molecular formula is C15H11Br2NO4. The maximum absolute atomic E-state index is 12.0. The van der Waals surface area contributed by atoms with Crippen molar-refractivity contribution in [3.8, 4) is 5.75 Å². The predicted molar refractivity (Wildman–Crippen MR) is 87.2 cm³/mol. The first-order valence-corrected chi connectivity index (χ1v) is 7.74. The van der Waals surface area contributed by atoms with E-state index in [1.54, 1.807) is 30.5 Å². The van der Waals surface area contributed by atoms with E-state index in [0.717, 1.165) is 0 Å². The number of ether oxygens (including phenoxy) is 2. The van der Waals surface area contributed by atoms with Gasteiger partial charge in [-0.05, 0) is 56.1 Å². The summed E-state index contributed by atoms with van der Waals surface area (Å²) in [7, 11) is 1.54. The Bertz CT molecular complexity index is 718. The fourth-order valence-electron chi connectivity index (χ4n) is 1.66. The average Bonchev–Trinajstić information content (AvgIpc) is 2.52. The van der Waals surface area contributed by atoms with E-state index in [2.05, 4.69) is 36.8 Å². The Morgan fingerprint density at radius 2 is 1.91 bits per heavy atom. The molecule has 2 rings (SSSR count). The van der Waals surface area contributed by atoms with Crippen LogP contribution >= 0.6 is 31.9 Å². The number of benzene rings is 1. The minimum atomic E-state index is -0.602. The number of carbonyl (C=O) groups is 2. The third-order valence-corrected chi connectivity index (χ3v) is 3.80. The lowest BCUT2D eigenvalue weighted by molar-refractivity contribution is 0.0474. The van der Waals surface area contributed by atoms with E-state index in [1.165, 1.54) is 13.3 Å². The maximum Gasteiger partial charge on any atom is 0.340 e. The van der Waals surface area contributed by atoms with E-state index >= 15 is 0 Å². The van der Waals surface area contributed by atoms with Crippen LogP contribution in [0.5, 0.6) is 5.75 Å². The van der Waals surface area contributed by atoms with Gasteiger partial charge in [0.15, 0.2) is 12.4 Å². The third-order valence-electron chi connectivity index (χ3n) is 2.75. The minimum Gasteiger partial charge on any atom is -0.496 e. The Labute approximate surface area is 143 Å². The number of esters is 1. The molecule has 0 aliphatic carbocycles. The maximum atomic E-state index is 12.0. The summed E-state index contributed by atoms with van der Waals surface area (Å²) < 4.78 is 11.4. The summed E-state index contributed by atoms with van der Waals surface area (Å²) in [4.78, 5) is 27.7. The van der Waals surface area contributed by atoms with Crippen molar-refractivity contribution in [1.82, 2.24) is 4.98 Å². The summed E-state index contributed by atoms with van der Waals surface area (Å²) >= 11 is 6.52. The molecule has 0 atom stereocenters. The van der Waals surface area contributed by atoms with Crippen molar-refractivity contribution in [2.45, 2.75) is 0 Å². The van der Waals surface area contributed by atoms with Gasteiger partial charge in [0.05, 0.1) is 17.1 Å². The van der Waals surface area contributed by atoms with Gasteiger partial charge < -0.3 is 9.47 Å². The monoisotopic (exact) mass is 427 g/mol. The standard InChI is InChI=1S/C15H11Br2NO4/c1-21-14-3-2-9(5-12(14)17)13(19)8-22-15(20)10-4-11(16)7-18-6-10/h2-7H,8H2,1H3. The second kappa shape index (κ2) is 7.51. The Kier molecular flexibility index (Phi) is 5.68. The van der Waals surface area contributed by atoms with Gasteiger partial charge in [0.25, 0.3) is 0 Å². The van der Waals surface area contributed by atoms with E-state index in [-0.39, 0.29) is 18.0 Å². The number of nitrogens with zero attached hydrogens (tertiary/aromatic N) is 1. The summed E-state index contributed by atoms with van der Waals surface area (Å²) in [5.41, 5.74) is 0.700. The Hall–Kier alpha value is -1.73. The highest BCUT2D eigenvalue weighted by atomic mass is 79.9. The number of carbonyl (C=O) groups excluding carboxylic acids is 2. The number of aromatic nitrogens is 1. The van der Waals surface area contributed by atoms with Crippen molar-refractivity contribution in [3.63, 3.8) is 0 Å². The second-order valence-electron chi connectivity index (χ2n) is 4.24. The molecule has 22 heavy (non-hydrogen) atoms. The average molecular weight is 429 g/mol. The van der Waals surface area contributed by atoms with E-state index in [4.69, 9.17) is 9.47 Å². The van der Waals surface area contributed by atoms with Crippen molar-refractivity contribution in [2.24, 2.45) is 0 Å². The lowest BCUT2D eigenvalue weighted by atomic mass is 10.1. The molecule has 114 valence electrons. The van der Waals surface area contributed by atoms with Crippen LogP contribution in [0.25, 0.3) is 0 Å². The van der Waals surface area contributed by atoms with Gasteiger partial charge in [0.1, 0.15) is 5.75 Å². The first kappa shape index (κ1) is 16.6. The molecule has 7 heteroatoms. The predicted octanol–water partition coefficient (Wildman–Crippen LogP) is 3.65. The van der Waals surface area contributed by atoms with Crippen molar-refractivity contribution >= 4 is 43.6 Å². The topological polar surface area (TPSA) is 65.5 Å². The minimum absolute atomic E-state index is 0.276. The Morgan fingerprint density at radius 1 is 1.14 bits per heavy atom. The van der Waals surface area contributed by atoms with Gasteiger partial charge in [-0.15, -0.1) is 0 Å². The van der Waals surface area contributed by atoms with E-state index < -0.39 is 5.97 Å². The lowest BCUT2D eigenvalue weighted by Crippen LogP contribution is -2.14. The van der Waals surface area contributed by atoms with Gasteiger partial charge in [-0.1, -0.05) is 0 Å². The second-order valence-corrected chi connectivity index (χ2v) is 6.01. The van der Waals surface area contributed by atoms with Gasteiger partial charge in [-0.25, -0.2) is 4.79 Å². The van der Waals surface area contributed by atoms with E-state index in [9.17, 15) is 9.59 Å². The number of Topliss-reactive ketones (excluding diaryl/α,β-unsaturated/α-hetero) is 1. The molecule has 1 heterocycles. The highest BCUT2D eigenvalue weighted by Crippen LogP contribution is 2.25. The number of hydrogen-bond donors (Lipinski definition) is 0. The zero-order valence-electron chi connectivity index (χ0n) is 11.5. The van der Waals surface area contributed by atoms with Crippen molar-refractivity contribution in [3.05, 3.63) is 56.7 Å². The SMILES string of the molecule is COc1ccc(C(=O)COC(=O)c2cncc(Br)c2)cc1Br. The molecule has 0 unspecified atom stereocenters. The molecule has 0 aliphatic heterocycles. The first-order valence-electron chi connectivity index (χ1n) is 6.15. The summed E-state index contributed by atoms with van der Waals surface area (Å²) in [6.07, 6.45) is 2.93. The molecule has 0 bridgehead atoms. The number of pyridine rings is 1. The highest BCUT2D eigenvalue weighted by molar-refractivity contribution is 9.10. The highest BCUT2D eigenvalue weighted by Gasteiger charge is 2.13. The van der Waals surface area contributed by atoms with Crippen molar-refractivity contribution in [2.75, 3.05) is 13.7 Å². The molecule has 0 saturated carbocycles. The number of halogens is 2. The summed E-state index contributed by atoms with van der Waals surface area (Å²) in [6.45, 7) is -0.343. The van der Waals surface area contributed by atoms with Gasteiger partial charge in [0, 0.05) is 22.4 Å². The molecule has 0 fully saturated rings. The molecule has 5 nitrogen and oxygen atoms in total. The largest absolute Gasteiger partial charge is 0.496 e. The van der Waals surface area contributed by atoms with Gasteiger partial charge >= 0.3 is 5.97 Å². The van der Waals surface area contributed by atoms with Crippen molar-refractivity contribution < 1.29 is 19.1 Å². The molecular weight excluding hydrogens is 418 g/mol. The Balaban J connectivity index is 2.00. The zero-order valence-corrected chi connectivity index (χ0v) is 14.7. The van der Waals surface area contributed by atoms with Crippen LogP contribution in [0.4, 0.5) is 0 Å². The number of hydrogen-bond acceptors (Lipinski definition) is 5. The first-order chi connectivity index (χ1) is 10.5. The molecule has 2 aromatic rings. The Morgan fingerprint density at radius 3 is 2.55 bits per heavy atom. The van der Waals surface area contributed by atoms with E-state index in [1.807, 2.05) is 0 Å². The molecule has 0 saturated heterocycles. The number of rotatable bonds is 5. The third kappa shape index (κ3) is 4.14. The fraction of sp³-hybridized carbons (Fsp3) is 0.133.